The molecule has 2 N–H and O–H groups in total. The van der Waals surface area contributed by atoms with Crippen LogP contribution in [0.25, 0.3) is 0 Å². The number of carbonyl (C=O) groups is 1. The minimum absolute atomic E-state index is 0. The molecule has 8 heteroatoms. The molecule has 1 rings (SSSR count). The monoisotopic (exact) mass is 521 g/mol. The van der Waals surface area contributed by atoms with Crippen molar-refractivity contribution in [3.8, 4) is 0 Å². The van der Waals surface area contributed by atoms with E-state index in [1.807, 2.05) is 18.2 Å². The number of nitrogens with one attached hydrogen (secondary N) is 2. The number of anilines is 1. The van der Waals surface area contributed by atoms with E-state index in [0.29, 0.717) is 5.96 Å². The predicted molar refractivity (Wildman–Crippen MR) is 134 cm³/mol. The predicted octanol–water partition coefficient (Wildman–Crippen LogP) is 2.90. The molecule has 0 saturated carbocycles. The number of thioether (sulfide) groups is 1. The van der Waals surface area contributed by atoms with Crippen molar-refractivity contribution in [1.82, 2.24) is 15.5 Å². The molecule has 1 aromatic rings. The van der Waals surface area contributed by atoms with Crippen LogP contribution < -0.4 is 15.5 Å². The van der Waals surface area contributed by atoms with Gasteiger partial charge in [-0.15, -0.1) is 24.0 Å². The van der Waals surface area contributed by atoms with Crippen LogP contribution in [0.5, 0.6) is 0 Å². The number of amides is 1. The molecule has 1 amide bonds. The van der Waals surface area contributed by atoms with Crippen LogP contribution >= 0.6 is 35.7 Å². The number of para-hydroxylation sites is 1. The van der Waals surface area contributed by atoms with E-state index in [-0.39, 0.29) is 41.2 Å². The maximum absolute atomic E-state index is 11.8. The van der Waals surface area contributed by atoms with Crippen molar-refractivity contribution in [2.45, 2.75) is 25.0 Å². The Hall–Kier alpha value is -1.16. The number of rotatable bonds is 10. The number of likely N-dealkylation sites (N-methyl/N-ethyl adjacent to an activating group) is 1. The molecule has 160 valence electrons. The molecule has 0 heterocycles. The number of hydrogen-bond acceptors (Lipinski definition) is 4. The van der Waals surface area contributed by atoms with Gasteiger partial charge in [-0.25, -0.2) is 4.99 Å². The van der Waals surface area contributed by atoms with Crippen LogP contribution in [0.4, 0.5) is 5.69 Å². The zero-order valence-electron chi connectivity index (χ0n) is 18.0. The standard InChI is InChI=1S/C20H35N5OS.HI/c1-20(2,27-6)16-23-19(22-15-18(26)24(3)4)21-13-10-14-25(5)17-11-8-7-9-12-17;/h7-9,11-12H,10,13-16H2,1-6H3,(H2,21,22,23);1H. The summed E-state index contributed by atoms with van der Waals surface area (Å²) in [5.41, 5.74) is 1.21. The van der Waals surface area contributed by atoms with Gasteiger partial charge in [0.1, 0.15) is 6.54 Å². The molecule has 0 radical (unpaired) electrons. The summed E-state index contributed by atoms with van der Waals surface area (Å²) in [5, 5.41) is 6.71. The minimum atomic E-state index is -0.0102. The van der Waals surface area contributed by atoms with Gasteiger partial charge < -0.3 is 20.4 Å². The molecule has 0 atom stereocenters. The Bertz CT molecular complexity index is 596. The van der Waals surface area contributed by atoms with Gasteiger partial charge in [-0.2, -0.15) is 11.8 Å². The Kier molecular flexibility index (Phi) is 13.3. The molecule has 28 heavy (non-hydrogen) atoms. The second kappa shape index (κ2) is 13.9. The molecular weight excluding hydrogens is 485 g/mol. The lowest BCUT2D eigenvalue weighted by Gasteiger charge is -2.24. The zero-order valence-corrected chi connectivity index (χ0v) is 21.1. The molecular formula is C20H36IN5OS. The third-order valence-electron chi connectivity index (χ3n) is 4.27. The lowest BCUT2D eigenvalue weighted by atomic mass is 10.2. The molecule has 0 aliphatic heterocycles. The number of guanidine groups is 1. The molecule has 0 saturated heterocycles. The van der Waals surface area contributed by atoms with Gasteiger partial charge in [0.25, 0.3) is 0 Å². The second-order valence-electron chi connectivity index (χ2n) is 7.31. The number of nitrogens with zero attached hydrogens (tertiary/aromatic N) is 3. The van der Waals surface area contributed by atoms with E-state index in [9.17, 15) is 4.79 Å². The molecule has 0 unspecified atom stereocenters. The fourth-order valence-corrected chi connectivity index (χ4v) is 2.38. The number of benzene rings is 1. The maximum Gasteiger partial charge on any atom is 0.243 e. The van der Waals surface area contributed by atoms with Gasteiger partial charge in [-0.1, -0.05) is 18.2 Å². The van der Waals surface area contributed by atoms with Crippen LogP contribution in [-0.2, 0) is 4.79 Å². The van der Waals surface area contributed by atoms with Crippen molar-refractivity contribution in [3.05, 3.63) is 30.3 Å². The SMILES string of the molecule is CSC(C)(C)CNC(=NCC(=O)N(C)C)NCCCN(C)c1ccccc1.I. The topological polar surface area (TPSA) is 60.0 Å². The first-order chi connectivity index (χ1) is 12.7. The average Bonchev–Trinajstić information content (AvgIpc) is 2.66. The van der Waals surface area contributed by atoms with E-state index in [2.05, 4.69) is 59.8 Å². The van der Waals surface area contributed by atoms with Crippen molar-refractivity contribution in [2.75, 3.05) is 58.5 Å². The average molecular weight is 522 g/mol. The van der Waals surface area contributed by atoms with E-state index in [4.69, 9.17) is 0 Å². The summed E-state index contributed by atoms with van der Waals surface area (Å²) in [6, 6.07) is 10.3. The van der Waals surface area contributed by atoms with Crippen molar-refractivity contribution >= 4 is 53.3 Å². The van der Waals surface area contributed by atoms with E-state index in [1.165, 1.54) is 5.69 Å². The van der Waals surface area contributed by atoms with E-state index in [1.54, 1.807) is 30.8 Å². The van der Waals surface area contributed by atoms with Crippen molar-refractivity contribution in [1.29, 1.82) is 0 Å². The molecule has 0 aliphatic carbocycles. The first-order valence-corrected chi connectivity index (χ1v) is 10.5. The third kappa shape index (κ3) is 11.0. The second-order valence-corrected chi connectivity index (χ2v) is 8.82. The van der Waals surface area contributed by atoms with Gasteiger partial charge >= 0.3 is 0 Å². The Morgan fingerprint density at radius 1 is 1.14 bits per heavy atom. The lowest BCUT2D eigenvalue weighted by Crippen LogP contribution is -2.44. The minimum Gasteiger partial charge on any atom is -0.375 e. The maximum atomic E-state index is 11.8. The summed E-state index contributed by atoms with van der Waals surface area (Å²) in [6.45, 7) is 7.02. The van der Waals surface area contributed by atoms with Crippen molar-refractivity contribution in [2.24, 2.45) is 4.99 Å². The van der Waals surface area contributed by atoms with Gasteiger partial charge in [-0.3, -0.25) is 4.79 Å². The smallest absolute Gasteiger partial charge is 0.243 e. The summed E-state index contributed by atoms with van der Waals surface area (Å²) in [6.07, 6.45) is 3.07. The van der Waals surface area contributed by atoms with Gasteiger partial charge in [0.15, 0.2) is 5.96 Å². The van der Waals surface area contributed by atoms with Crippen LogP contribution in [0.15, 0.2) is 35.3 Å². The van der Waals surface area contributed by atoms with Crippen molar-refractivity contribution in [3.63, 3.8) is 0 Å². The van der Waals surface area contributed by atoms with E-state index < -0.39 is 0 Å². The van der Waals surface area contributed by atoms with Gasteiger partial charge in [-0.05, 0) is 38.7 Å². The highest BCUT2D eigenvalue weighted by molar-refractivity contribution is 14.0. The zero-order chi connectivity index (χ0) is 20.3. The Morgan fingerprint density at radius 3 is 2.36 bits per heavy atom. The first kappa shape index (κ1) is 26.8. The first-order valence-electron chi connectivity index (χ1n) is 9.29. The van der Waals surface area contributed by atoms with Crippen LogP contribution in [0, 0.1) is 0 Å². The highest BCUT2D eigenvalue weighted by atomic mass is 127. The number of aliphatic imine (C=N–C) groups is 1. The highest BCUT2D eigenvalue weighted by Gasteiger charge is 2.16. The van der Waals surface area contributed by atoms with Gasteiger partial charge in [0.2, 0.25) is 5.91 Å². The van der Waals surface area contributed by atoms with Crippen LogP contribution in [0.3, 0.4) is 0 Å². The van der Waals surface area contributed by atoms with Gasteiger partial charge in [0.05, 0.1) is 0 Å². The molecule has 0 bridgehead atoms. The summed E-state index contributed by atoms with van der Waals surface area (Å²) in [5.74, 6) is 0.679. The molecule has 0 aromatic heterocycles. The summed E-state index contributed by atoms with van der Waals surface area (Å²) >= 11 is 1.80. The molecule has 6 nitrogen and oxygen atoms in total. The summed E-state index contributed by atoms with van der Waals surface area (Å²) < 4.78 is 0.0987. The summed E-state index contributed by atoms with van der Waals surface area (Å²) in [4.78, 5) is 20.1. The van der Waals surface area contributed by atoms with Gasteiger partial charge in [0, 0.05) is 51.2 Å². The normalized spacial score (nSPS) is 11.4. The fourth-order valence-electron chi connectivity index (χ4n) is 2.17. The largest absolute Gasteiger partial charge is 0.375 e. The lowest BCUT2D eigenvalue weighted by molar-refractivity contribution is -0.127. The highest BCUT2D eigenvalue weighted by Crippen LogP contribution is 2.19. The Morgan fingerprint density at radius 2 is 1.79 bits per heavy atom. The van der Waals surface area contributed by atoms with Crippen LogP contribution in [0.2, 0.25) is 0 Å². The number of halogens is 1. The molecule has 0 aliphatic rings. The Labute approximate surface area is 191 Å². The third-order valence-corrected chi connectivity index (χ3v) is 5.51. The molecule has 0 fully saturated rings. The quantitative estimate of drug-likeness (QED) is 0.215. The molecule has 0 spiro atoms. The van der Waals surface area contributed by atoms with E-state index in [0.717, 1.165) is 26.1 Å². The van der Waals surface area contributed by atoms with E-state index >= 15 is 0 Å². The summed E-state index contributed by atoms with van der Waals surface area (Å²) in [7, 11) is 5.59. The van der Waals surface area contributed by atoms with Crippen molar-refractivity contribution < 1.29 is 4.79 Å². The van der Waals surface area contributed by atoms with Crippen LogP contribution in [-0.4, -0.2) is 75.1 Å². The van der Waals surface area contributed by atoms with Crippen LogP contribution in [0.1, 0.15) is 20.3 Å². The number of carbonyl (C=O) groups excluding carboxylic acids is 1. The Balaban J connectivity index is 0.00000729. The number of hydrogen-bond donors (Lipinski definition) is 2. The molecule has 1 aromatic carbocycles. The fraction of sp³-hybridized carbons (Fsp3) is 0.600.